The summed E-state index contributed by atoms with van der Waals surface area (Å²) in [5.74, 6) is -4.47. The highest BCUT2D eigenvalue weighted by molar-refractivity contribution is 5.80. The van der Waals surface area contributed by atoms with Gasteiger partial charge in [-0.1, -0.05) is 0 Å². The lowest BCUT2D eigenvalue weighted by Gasteiger charge is -2.34. The molecular formula is C12H14F3N3O. The number of hydrogen-bond acceptors (Lipinski definition) is 3. The van der Waals surface area contributed by atoms with E-state index in [2.05, 4.69) is 5.32 Å². The third-order valence-electron chi connectivity index (χ3n) is 3.11. The van der Waals surface area contributed by atoms with Crippen molar-refractivity contribution in [3.8, 4) is 0 Å². The Balaban J connectivity index is 2.17. The van der Waals surface area contributed by atoms with E-state index in [4.69, 9.17) is 5.73 Å². The SMILES string of the molecule is NC(=O)C1CNCCN1Cc1cc(F)c(F)c(F)c1. The van der Waals surface area contributed by atoms with Crippen molar-refractivity contribution in [1.82, 2.24) is 10.2 Å². The molecule has 1 aliphatic rings. The Bertz CT molecular complexity index is 472. The van der Waals surface area contributed by atoms with Crippen molar-refractivity contribution < 1.29 is 18.0 Å². The van der Waals surface area contributed by atoms with Crippen molar-refractivity contribution in [2.45, 2.75) is 12.6 Å². The number of hydrogen-bond donors (Lipinski definition) is 2. The van der Waals surface area contributed by atoms with Gasteiger partial charge in [-0.15, -0.1) is 0 Å². The summed E-state index contributed by atoms with van der Waals surface area (Å²) in [7, 11) is 0. The number of nitrogens with zero attached hydrogens (tertiary/aromatic N) is 1. The number of carbonyl (C=O) groups is 1. The lowest BCUT2D eigenvalue weighted by atomic mass is 10.1. The summed E-state index contributed by atoms with van der Waals surface area (Å²) in [5.41, 5.74) is 5.53. The molecule has 0 bridgehead atoms. The summed E-state index contributed by atoms with van der Waals surface area (Å²) in [6.45, 7) is 1.70. The van der Waals surface area contributed by atoms with Gasteiger partial charge in [0.05, 0.1) is 0 Å². The molecule has 0 aliphatic carbocycles. The zero-order valence-electron chi connectivity index (χ0n) is 10.1. The number of piperazine rings is 1. The van der Waals surface area contributed by atoms with Crippen LogP contribution in [-0.2, 0) is 11.3 Å². The summed E-state index contributed by atoms with van der Waals surface area (Å²) in [6.07, 6.45) is 0. The van der Waals surface area contributed by atoms with Gasteiger partial charge in [0.15, 0.2) is 17.5 Å². The van der Waals surface area contributed by atoms with Crippen LogP contribution >= 0.6 is 0 Å². The maximum atomic E-state index is 13.1. The molecule has 2 rings (SSSR count). The molecule has 1 atom stereocenters. The van der Waals surface area contributed by atoms with Crippen molar-refractivity contribution in [3.63, 3.8) is 0 Å². The molecular weight excluding hydrogens is 259 g/mol. The van der Waals surface area contributed by atoms with E-state index >= 15 is 0 Å². The average Bonchev–Trinajstić information content (AvgIpc) is 2.36. The van der Waals surface area contributed by atoms with Crippen LogP contribution in [0.1, 0.15) is 5.56 Å². The third-order valence-corrected chi connectivity index (χ3v) is 3.11. The quantitative estimate of drug-likeness (QED) is 0.782. The Morgan fingerprint density at radius 1 is 1.37 bits per heavy atom. The standard InChI is InChI=1S/C12H14F3N3O/c13-8-3-7(4-9(14)11(8)15)6-18-2-1-17-5-10(18)12(16)19/h3-4,10,17H,1-2,5-6H2,(H2,16,19). The summed E-state index contributed by atoms with van der Waals surface area (Å²) in [4.78, 5) is 13.0. The fourth-order valence-electron chi connectivity index (χ4n) is 2.15. The van der Waals surface area contributed by atoms with Crippen LogP contribution in [0.5, 0.6) is 0 Å². The van der Waals surface area contributed by atoms with Crippen LogP contribution in [0.15, 0.2) is 12.1 Å². The minimum Gasteiger partial charge on any atom is -0.368 e. The third kappa shape index (κ3) is 3.05. The molecule has 1 saturated heterocycles. The van der Waals surface area contributed by atoms with Gasteiger partial charge in [-0.05, 0) is 17.7 Å². The predicted octanol–water partition coefficient (Wildman–Crippen LogP) is 0.363. The molecule has 1 heterocycles. The molecule has 1 fully saturated rings. The van der Waals surface area contributed by atoms with Crippen LogP contribution in [0, 0.1) is 17.5 Å². The molecule has 0 saturated carbocycles. The number of nitrogens with two attached hydrogens (primary N) is 1. The maximum Gasteiger partial charge on any atom is 0.236 e. The number of primary amides is 1. The van der Waals surface area contributed by atoms with Crippen molar-refractivity contribution in [3.05, 3.63) is 35.1 Å². The minimum absolute atomic E-state index is 0.142. The predicted molar refractivity (Wildman–Crippen MR) is 62.6 cm³/mol. The van der Waals surface area contributed by atoms with E-state index in [1.54, 1.807) is 4.90 Å². The molecule has 1 amide bonds. The van der Waals surface area contributed by atoms with E-state index in [-0.39, 0.29) is 12.1 Å². The number of rotatable bonds is 3. The fraction of sp³-hybridized carbons (Fsp3) is 0.417. The first-order valence-corrected chi connectivity index (χ1v) is 5.86. The lowest BCUT2D eigenvalue weighted by Crippen LogP contribution is -2.56. The van der Waals surface area contributed by atoms with Crippen LogP contribution in [0.3, 0.4) is 0 Å². The van der Waals surface area contributed by atoms with Crippen molar-refractivity contribution in [2.75, 3.05) is 19.6 Å². The zero-order chi connectivity index (χ0) is 14.0. The highest BCUT2D eigenvalue weighted by atomic mass is 19.2. The minimum atomic E-state index is -1.49. The van der Waals surface area contributed by atoms with Crippen LogP contribution in [0.4, 0.5) is 13.2 Å². The van der Waals surface area contributed by atoms with E-state index in [0.717, 1.165) is 12.1 Å². The molecule has 1 aliphatic heterocycles. The monoisotopic (exact) mass is 273 g/mol. The van der Waals surface area contributed by atoms with Crippen LogP contribution in [0.2, 0.25) is 0 Å². The number of benzene rings is 1. The number of amides is 1. The lowest BCUT2D eigenvalue weighted by molar-refractivity contribution is -0.124. The normalized spacial score (nSPS) is 20.5. The Morgan fingerprint density at radius 2 is 2.00 bits per heavy atom. The molecule has 7 heteroatoms. The summed E-state index contributed by atoms with van der Waals surface area (Å²) < 4.78 is 39.1. The Hall–Kier alpha value is -1.60. The molecule has 1 unspecified atom stereocenters. The first-order valence-electron chi connectivity index (χ1n) is 5.86. The second kappa shape index (κ2) is 5.58. The first kappa shape index (κ1) is 13.8. The summed E-state index contributed by atoms with van der Waals surface area (Å²) in [6, 6.07) is 1.32. The smallest absolute Gasteiger partial charge is 0.236 e. The topological polar surface area (TPSA) is 58.4 Å². The molecule has 3 N–H and O–H groups in total. The largest absolute Gasteiger partial charge is 0.368 e. The van der Waals surface area contributed by atoms with Gasteiger partial charge in [-0.2, -0.15) is 0 Å². The van der Waals surface area contributed by atoms with Crippen molar-refractivity contribution in [2.24, 2.45) is 5.73 Å². The molecule has 104 valence electrons. The van der Waals surface area contributed by atoms with Crippen LogP contribution < -0.4 is 11.1 Å². The number of halogens is 3. The molecule has 0 radical (unpaired) electrons. The highest BCUT2D eigenvalue weighted by Gasteiger charge is 2.27. The molecule has 0 spiro atoms. The molecule has 1 aromatic rings. The van der Waals surface area contributed by atoms with Crippen LogP contribution in [-0.4, -0.2) is 36.5 Å². The second-order valence-electron chi connectivity index (χ2n) is 4.47. The van der Waals surface area contributed by atoms with Gasteiger partial charge in [0.1, 0.15) is 6.04 Å². The van der Waals surface area contributed by atoms with Gasteiger partial charge in [0, 0.05) is 26.2 Å². The first-order chi connectivity index (χ1) is 8.99. The van der Waals surface area contributed by atoms with Crippen molar-refractivity contribution in [1.29, 1.82) is 0 Å². The molecule has 19 heavy (non-hydrogen) atoms. The molecule has 4 nitrogen and oxygen atoms in total. The maximum absolute atomic E-state index is 13.1. The Morgan fingerprint density at radius 3 is 2.58 bits per heavy atom. The average molecular weight is 273 g/mol. The van der Waals surface area contributed by atoms with E-state index in [1.165, 1.54) is 0 Å². The van der Waals surface area contributed by atoms with Gasteiger partial charge in [0.25, 0.3) is 0 Å². The number of carbonyl (C=O) groups excluding carboxylic acids is 1. The van der Waals surface area contributed by atoms with Gasteiger partial charge in [0.2, 0.25) is 5.91 Å². The van der Waals surface area contributed by atoms with E-state index in [0.29, 0.717) is 19.6 Å². The van der Waals surface area contributed by atoms with E-state index in [1.807, 2.05) is 0 Å². The van der Waals surface area contributed by atoms with Crippen LogP contribution in [0.25, 0.3) is 0 Å². The summed E-state index contributed by atoms with van der Waals surface area (Å²) in [5, 5.41) is 3.01. The van der Waals surface area contributed by atoms with Gasteiger partial charge in [-0.25, -0.2) is 13.2 Å². The Kier molecular flexibility index (Phi) is 4.06. The van der Waals surface area contributed by atoms with E-state index < -0.39 is 29.4 Å². The molecule has 1 aromatic carbocycles. The summed E-state index contributed by atoms with van der Waals surface area (Å²) >= 11 is 0. The second-order valence-corrected chi connectivity index (χ2v) is 4.47. The van der Waals surface area contributed by atoms with Gasteiger partial charge >= 0.3 is 0 Å². The fourth-order valence-corrected chi connectivity index (χ4v) is 2.15. The Labute approximate surface area is 108 Å². The highest BCUT2D eigenvalue weighted by Crippen LogP contribution is 2.16. The zero-order valence-corrected chi connectivity index (χ0v) is 10.1. The van der Waals surface area contributed by atoms with E-state index in [9.17, 15) is 18.0 Å². The van der Waals surface area contributed by atoms with Gasteiger partial charge in [-0.3, -0.25) is 9.69 Å². The molecule has 0 aromatic heterocycles. The van der Waals surface area contributed by atoms with Gasteiger partial charge < -0.3 is 11.1 Å². The van der Waals surface area contributed by atoms with Crippen molar-refractivity contribution >= 4 is 5.91 Å². The number of nitrogens with one attached hydrogen (secondary N) is 1.